The Hall–Kier alpha value is -1.59. The summed E-state index contributed by atoms with van der Waals surface area (Å²) in [6.45, 7) is -0.121. The van der Waals surface area contributed by atoms with Gasteiger partial charge in [0, 0.05) is 19.0 Å². The van der Waals surface area contributed by atoms with E-state index in [0.29, 0.717) is 6.29 Å². The van der Waals surface area contributed by atoms with Crippen molar-refractivity contribution in [2.45, 2.75) is 0 Å². The maximum atomic E-state index is 10.6. The predicted octanol–water partition coefficient (Wildman–Crippen LogP) is -0.504. The zero-order chi connectivity index (χ0) is 10.0. The summed E-state index contributed by atoms with van der Waals surface area (Å²) in [5.41, 5.74) is 0. The molecule has 0 spiro atoms. The standard InChI is InChI=1S/C7H9NO5/c9-3-4-1-8(7(12)13)2-5(4)6(10)11/h3-5H,1-2H2,(H,10,11)(H,12,13)/t4-,5-/m1/s1. The number of hydrogen-bond donors (Lipinski definition) is 2. The number of amides is 1. The fourth-order valence-electron chi connectivity index (χ4n) is 1.38. The van der Waals surface area contributed by atoms with Gasteiger partial charge in [-0.25, -0.2) is 4.79 Å². The van der Waals surface area contributed by atoms with Gasteiger partial charge in [-0.3, -0.25) is 4.79 Å². The van der Waals surface area contributed by atoms with Gasteiger partial charge in [0.25, 0.3) is 0 Å². The Morgan fingerprint density at radius 2 is 1.92 bits per heavy atom. The minimum absolute atomic E-state index is 0.0181. The molecule has 0 aromatic heterocycles. The molecule has 1 saturated heterocycles. The van der Waals surface area contributed by atoms with Crippen LogP contribution in [0.5, 0.6) is 0 Å². The van der Waals surface area contributed by atoms with Gasteiger partial charge in [0.05, 0.1) is 5.92 Å². The van der Waals surface area contributed by atoms with E-state index in [1.165, 1.54) is 0 Å². The van der Waals surface area contributed by atoms with Crippen molar-refractivity contribution in [1.82, 2.24) is 4.90 Å². The van der Waals surface area contributed by atoms with E-state index in [1.54, 1.807) is 0 Å². The molecule has 1 amide bonds. The molecule has 2 atom stereocenters. The number of aldehydes is 1. The third kappa shape index (κ3) is 1.77. The molecule has 1 fully saturated rings. The van der Waals surface area contributed by atoms with Crippen LogP contribution in [0.15, 0.2) is 0 Å². The van der Waals surface area contributed by atoms with Crippen molar-refractivity contribution in [2.75, 3.05) is 13.1 Å². The van der Waals surface area contributed by atoms with Gasteiger partial charge in [-0.1, -0.05) is 0 Å². The highest BCUT2D eigenvalue weighted by molar-refractivity contribution is 5.78. The van der Waals surface area contributed by atoms with Crippen LogP contribution in [-0.2, 0) is 9.59 Å². The number of likely N-dealkylation sites (tertiary alicyclic amines) is 1. The van der Waals surface area contributed by atoms with Crippen LogP contribution < -0.4 is 0 Å². The largest absolute Gasteiger partial charge is 0.481 e. The molecule has 0 aliphatic carbocycles. The van der Waals surface area contributed by atoms with Crippen LogP contribution in [0, 0.1) is 11.8 Å². The molecular formula is C7H9NO5. The number of carbonyl (C=O) groups is 3. The van der Waals surface area contributed by atoms with Crippen LogP contribution in [0.4, 0.5) is 4.79 Å². The number of rotatable bonds is 2. The van der Waals surface area contributed by atoms with E-state index < -0.39 is 23.9 Å². The van der Waals surface area contributed by atoms with Crippen LogP contribution in [0.25, 0.3) is 0 Å². The van der Waals surface area contributed by atoms with Gasteiger partial charge in [0.15, 0.2) is 0 Å². The molecule has 1 heterocycles. The van der Waals surface area contributed by atoms with Gasteiger partial charge in [0.2, 0.25) is 0 Å². The first-order chi connectivity index (χ1) is 6.06. The Balaban J connectivity index is 2.72. The third-order valence-corrected chi connectivity index (χ3v) is 2.13. The number of carbonyl (C=O) groups excluding carboxylic acids is 1. The van der Waals surface area contributed by atoms with Crippen molar-refractivity contribution < 1.29 is 24.6 Å². The van der Waals surface area contributed by atoms with Gasteiger partial charge in [0.1, 0.15) is 6.29 Å². The number of carboxylic acids is 1. The maximum Gasteiger partial charge on any atom is 0.407 e. The molecule has 2 N–H and O–H groups in total. The molecule has 0 unspecified atom stereocenters. The summed E-state index contributed by atoms with van der Waals surface area (Å²) >= 11 is 0. The summed E-state index contributed by atoms with van der Waals surface area (Å²) in [4.78, 5) is 32.4. The first-order valence-corrected chi connectivity index (χ1v) is 3.72. The zero-order valence-electron chi connectivity index (χ0n) is 6.71. The molecule has 0 aromatic carbocycles. The van der Waals surface area contributed by atoms with Crippen molar-refractivity contribution in [3.63, 3.8) is 0 Å². The van der Waals surface area contributed by atoms with Crippen molar-refractivity contribution in [3.8, 4) is 0 Å². The summed E-state index contributed by atoms with van der Waals surface area (Å²) in [7, 11) is 0. The third-order valence-electron chi connectivity index (χ3n) is 2.13. The van der Waals surface area contributed by atoms with E-state index in [0.717, 1.165) is 4.90 Å². The van der Waals surface area contributed by atoms with Crippen molar-refractivity contribution in [2.24, 2.45) is 11.8 Å². The normalized spacial score (nSPS) is 27.2. The van der Waals surface area contributed by atoms with E-state index in [2.05, 4.69) is 0 Å². The number of aliphatic carboxylic acids is 1. The smallest absolute Gasteiger partial charge is 0.407 e. The quantitative estimate of drug-likeness (QED) is 0.568. The fraction of sp³-hybridized carbons (Fsp3) is 0.571. The van der Waals surface area contributed by atoms with E-state index >= 15 is 0 Å². The van der Waals surface area contributed by atoms with Crippen molar-refractivity contribution in [3.05, 3.63) is 0 Å². The van der Waals surface area contributed by atoms with E-state index in [-0.39, 0.29) is 13.1 Å². The van der Waals surface area contributed by atoms with Crippen LogP contribution >= 0.6 is 0 Å². The number of carboxylic acid groups (broad SMARTS) is 2. The van der Waals surface area contributed by atoms with E-state index in [9.17, 15) is 14.4 Å². The lowest BCUT2D eigenvalue weighted by Gasteiger charge is -2.09. The summed E-state index contributed by atoms with van der Waals surface area (Å²) < 4.78 is 0. The summed E-state index contributed by atoms with van der Waals surface area (Å²) in [5, 5.41) is 17.2. The molecule has 0 bridgehead atoms. The second-order valence-corrected chi connectivity index (χ2v) is 2.93. The minimum atomic E-state index is -1.18. The summed E-state index contributed by atoms with van der Waals surface area (Å²) in [5.74, 6) is -2.73. The second-order valence-electron chi connectivity index (χ2n) is 2.93. The number of hydrogen-bond acceptors (Lipinski definition) is 3. The van der Waals surface area contributed by atoms with Gasteiger partial charge < -0.3 is 19.9 Å². The highest BCUT2D eigenvalue weighted by Gasteiger charge is 2.39. The summed E-state index contributed by atoms with van der Waals surface area (Å²) in [6, 6.07) is 0. The lowest BCUT2D eigenvalue weighted by molar-refractivity contribution is -0.143. The Kier molecular flexibility index (Phi) is 2.50. The Morgan fingerprint density at radius 3 is 2.23 bits per heavy atom. The van der Waals surface area contributed by atoms with E-state index in [4.69, 9.17) is 10.2 Å². The lowest BCUT2D eigenvalue weighted by Crippen LogP contribution is -2.28. The topological polar surface area (TPSA) is 94.9 Å². The van der Waals surface area contributed by atoms with Crippen molar-refractivity contribution >= 4 is 18.3 Å². The minimum Gasteiger partial charge on any atom is -0.481 e. The average molecular weight is 187 g/mol. The van der Waals surface area contributed by atoms with Crippen LogP contribution in [0.2, 0.25) is 0 Å². The zero-order valence-corrected chi connectivity index (χ0v) is 6.71. The predicted molar refractivity (Wildman–Crippen MR) is 40.3 cm³/mol. The Bertz CT molecular complexity index is 251. The molecule has 72 valence electrons. The molecule has 0 aromatic rings. The van der Waals surface area contributed by atoms with Crippen LogP contribution in [-0.4, -0.2) is 46.6 Å². The summed E-state index contributed by atoms with van der Waals surface area (Å²) in [6.07, 6.45) is -0.683. The highest BCUT2D eigenvalue weighted by Crippen LogP contribution is 2.21. The molecule has 13 heavy (non-hydrogen) atoms. The van der Waals surface area contributed by atoms with Gasteiger partial charge in [-0.05, 0) is 0 Å². The molecule has 1 aliphatic rings. The average Bonchev–Trinajstić information content (AvgIpc) is 2.47. The van der Waals surface area contributed by atoms with Gasteiger partial charge >= 0.3 is 12.1 Å². The van der Waals surface area contributed by atoms with E-state index in [1.807, 2.05) is 0 Å². The highest BCUT2D eigenvalue weighted by atomic mass is 16.4. The molecule has 0 saturated carbocycles. The molecule has 0 radical (unpaired) electrons. The monoisotopic (exact) mass is 187 g/mol. The molecular weight excluding hydrogens is 178 g/mol. The van der Waals surface area contributed by atoms with Crippen LogP contribution in [0.1, 0.15) is 0 Å². The first kappa shape index (κ1) is 9.50. The SMILES string of the molecule is O=C[C@H]1CN(C(=O)O)C[C@H]1C(=O)O. The molecule has 1 aliphatic heterocycles. The fourth-order valence-corrected chi connectivity index (χ4v) is 1.38. The first-order valence-electron chi connectivity index (χ1n) is 3.72. The Morgan fingerprint density at radius 1 is 1.31 bits per heavy atom. The molecule has 6 heteroatoms. The van der Waals surface area contributed by atoms with Crippen molar-refractivity contribution in [1.29, 1.82) is 0 Å². The maximum absolute atomic E-state index is 10.6. The number of nitrogens with zero attached hydrogens (tertiary/aromatic N) is 1. The molecule has 1 rings (SSSR count). The lowest BCUT2D eigenvalue weighted by atomic mass is 9.98. The molecule has 6 nitrogen and oxygen atoms in total. The van der Waals surface area contributed by atoms with Gasteiger partial charge in [-0.15, -0.1) is 0 Å². The second kappa shape index (κ2) is 3.42. The van der Waals surface area contributed by atoms with Crippen LogP contribution in [0.3, 0.4) is 0 Å². The van der Waals surface area contributed by atoms with Gasteiger partial charge in [-0.2, -0.15) is 0 Å². The Labute approximate surface area is 73.8 Å².